The van der Waals surface area contributed by atoms with Crippen molar-refractivity contribution in [3.8, 4) is 17.0 Å². The molecule has 2 rings (SSSR count). The van der Waals surface area contributed by atoms with Crippen LogP contribution in [0.2, 0.25) is 0 Å². The lowest BCUT2D eigenvalue weighted by atomic mass is 10.1. The average Bonchev–Trinajstić information content (AvgIpc) is 2.38. The summed E-state index contributed by atoms with van der Waals surface area (Å²) in [5.74, 6) is 0.877. The Balaban J connectivity index is 2.49. The van der Waals surface area contributed by atoms with Gasteiger partial charge in [0.25, 0.3) is 0 Å². The molecule has 0 atom stereocenters. The maximum Gasteiger partial charge on any atom is 0.221 e. The van der Waals surface area contributed by atoms with E-state index in [2.05, 4.69) is 15.3 Å². The Hall–Kier alpha value is -2.63. The van der Waals surface area contributed by atoms with Gasteiger partial charge in [-0.25, -0.2) is 9.97 Å². The van der Waals surface area contributed by atoms with Crippen LogP contribution in [0, 0.1) is 0 Å². The topological polar surface area (TPSA) is 90.1 Å². The van der Waals surface area contributed by atoms with Gasteiger partial charge in [-0.3, -0.25) is 4.79 Å². The summed E-state index contributed by atoms with van der Waals surface area (Å²) in [5.41, 5.74) is 7.69. The van der Waals surface area contributed by atoms with Crippen molar-refractivity contribution in [3.05, 3.63) is 30.6 Å². The number of carbonyl (C=O) groups excluding carboxylic acids is 1. The fraction of sp³-hybridized carbons (Fsp3) is 0.154. The first-order valence-electron chi connectivity index (χ1n) is 5.63. The normalized spacial score (nSPS) is 10.0. The van der Waals surface area contributed by atoms with Crippen molar-refractivity contribution in [2.45, 2.75) is 6.92 Å². The number of rotatable bonds is 3. The molecule has 19 heavy (non-hydrogen) atoms. The molecule has 2 aromatic rings. The minimum atomic E-state index is -0.140. The van der Waals surface area contributed by atoms with E-state index in [-0.39, 0.29) is 5.91 Å². The van der Waals surface area contributed by atoms with Crippen molar-refractivity contribution in [1.29, 1.82) is 0 Å². The molecule has 0 spiro atoms. The van der Waals surface area contributed by atoms with Crippen LogP contribution in [-0.2, 0) is 4.79 Å². The Morgan fingerprint density at radius 3 is 2.74 bits per heavy atom. The van der Waals surface area contributed by atoms with Crippen LogP contribution in [0.15, 0.2) is 30.6 Å². The van der Waals surface area contributed by atoms with Crippen LogP contribution in [0.1, 0.15) is 6.92 Å². The number of ether oxygens (including phenoxy) is 1. The number of hydrogen-bond donors (Lipinski definition) is 2. The van der Waals surface area contributed by atoms with E-state index < -0.39 is 0 Å². The third-order valence-corrected chi connectivity index (χ3v) is 2.48. The summed E-state index contributed by atoms with van der Waals surface area (Å²) >= 11 is 0. The summed E-state index contributed by atoms with van der Waals surface area (Å²) in [5, 5.41) is 2.71. The molecule has 0 aliphatic heterocycles. The second-order valence-corrected chi connectivity index (χ2v) is 3.92. The second kappa shape index (κ2) is 5.34. The Bertz CT molecular complexity index is 613. The molecule has 0 aliphatic rings. The van der Waals surface area contributed by atoms with Crippen LogP contribution in [0.3, 0.4) is 0 Å². The van der Waals surface area contributed by atoms with E-state index in [1.165, 1.54) is 13.3 Å². The van der Waals surface area contributed by atoms with Crippen LogP contribution < -0.4 is 15.8 Å². The van der Waals surface area contributed by atoms with Gasteiger partial charge in [-0.15, -0.1) is 0 Å². The molecule has 1 aromatic carbocycles. The Labute approximate surface area is 110 Å². The number of amides is 1. The zero-order valence-electron chi connectivity index (χ0n) is 10.7. The molecule has 0 radical (unpaired) electrons. The van der Waals surface area contributed by atoms with Crippen LogP contribution >= 0.6 is 0 Å². The predicted octanol–water partition coefficient (Wildman–Crippen LogP) is 1.69. The molecule has 1 amide bonds. The summed E-state index contributed by atoms with van der Waals surface area (Å²) < 4.78 is 5.29. The number of nitrogens with zero attached hydrogens (tertiary/aromatic N) is 2. The third-order valence-electron chi connectivity index (χ3n) is 2.48. The van der Waals surface area contributed by atoms with Gasteiger partial charge in [0.15, 0.2) is 0 Å². The van der Waals surface area contributed by atoms with Crippen molar-refractivity contribution < 1.29 is 9.53 Å². The van der Waals surface area contributed by atoms with Gasteiger partial charge in [-0.2, -0.15) is 0 Å². The largest absolute Gasteiger partial charge is 0.496 e. The summed E-state index contributed by atoms with van der Waals surface area (Å²) in [6, 6.07) is 6.95. The van der Waals surface area contributed by atoms with Crippen LogP contribution in [0.4, 0.5) is 11.5 Å². The number of nitrogen functional groups attached to an aromatic ring is 1. The first-order valence-corrected chi connectivity index (χ1v) is 5.63. The van der Waals surface area contributed by atoms with E-state index in [0.717, 1.165) is 5.56 Å². The number of anilines is 2. The van der Waals surface area contributed by atoms with E-state index in [4.69, 9.17) is 10.5 Å². The molecule has 1 heterocycles. The number of nitrogens with two attached hydrogens (primary N) is 1. The first kappa shape index (κ1) is 12.8. The van der Waals surface area contributed by atoms with Gasteiger partial charge in [0.2, 0.25) is 5.91 Å². The molecule has 0 bridgehead atoms. The summed E-state index contributed by atoms with van der Waals surface area (Å²) in [6.07, 6.45) is 1.38. The highest BCUT2D eigenvalue weighted by atomic mass is 16.5. The summed E-state index contributed by atoms with van der Waals surface area (Å²) in [4.78, 5) is 19.1. The second-order valence-electron chi connectivity index (χ2n) is 3.92. The lowest BCUT2D eigenvalue weighted by molar-refractivity contribution is -0.114. The molecule has 98 valence electrons. The minimum absolute atomic E-state index is 0.140. The number of hydrogen-bond acceptors (Lipinski definition) is 5. The lowest BCUT2D eigenvalue weighted by Gasteiger charge is -2.10. The molecule has 6 nitrogen and oxygen atoms in total. The van der Waals surface area contributed by atoms with Crippen molar-refractivity contribution in [2.24, 2.45) is 0 Å². The molecule has 0 saturated carbocycles. The molecule has 0 saturated heterocycles. The highest BCUT2D eigenvalue weighted by Crippen LogP contribution is 2.31. The minimum Gasteiger partial charge on any atom is -0.496 e. The third kappa shape index (κ3) is 2.98. The smallest absolute Gasteiger partial charge is 0.221 e. The van der Waals surface area contributed by atoms with E-state index in [0.29, 0.717) is 22.9 Å². The summed E-state index contributed by atoms with van der Waals surface area (Å²) in [7, 11) is 1.57. The van der Waals surface area contributed by atoms with Crippen LogP contribution in [-0.4, -0.2) is 23.0 Å². The maximum absolute atomic E-state index is 11.1. The SMILES string of the molecule is COc1ccc(NC(C)=O)cc1-c1cc(N)ncn1. The van der Waals surface area contributed by atoms with Crippen LogP contribution in [0.25, 0.3) is 11.3 Å². The molecular formula is C13H14N4O2. The molecule has 0 aliphatic carbocycles. The number of nitrogens with one attached hydrogen (secondary N) is 1. The Kier molecular flexibility index (Phi) is 3.61. The van der Waals surface area contributed by atoms with Gasteiger partial charge < -0.3 is 15.8 Å². The monoisotopic (exact) mass is 258 g/mol. The molecule has 1 aromatic heterocycles. The number of benzene rings is 1. The zero-order valence-corrected chi connectivity index (χ0v) is 10.7. The number of methoxy groups -OCH3 is 1. The number of aromatic nitrogens is 2. The van der Waals surface area contributed by atoms with Gasteiger partial charge in [-0.1, -0.05) is 0 Å². The van der Waals surface area contributed by atoms with Gasteiger partial charge >= 0.3 is 0 Å². The summed E-state index contributed by atoms with van der Waals surface area (Å²) in [6.45, 7) is 1.45. The molecule has 3 N–H and O–H groups in total. The fourth-order valence-corrected chi connectivity index (χ4v) is 1.71. The number of carbonyl (C=O) groups is 1. The first-order chi connectivity index (χ1) is 9.10. The van der Waals surface area contributed by atoms with Crippen molar-refractivity contribution in [3.63, 3.8) is 0 Å². The Morgan fingerprint density at radius 2 is 2.11 bits per heavy atom. The fourth-order valence-electron chi connectivity index (χ4n) is 1.71. The van der Waals surface area contributed by atoms with Gasteiger partial charge in [0.1, 0.15) is 17.9 Å². The Morgan fingerprint density at radius 1 is 1.32 bits per heavy atom. The lowest BCUT2D eigenvalue weighted by Crippen LogP contribution is -2.06. The van der Waals surface area contributed by atoms with Crippen molar-refractivity contribution in [1.82, 2.24) is 9.97 Å². The van der Waals surface area contributed by atoms with Gasteiger partial charge in [-0.05, 0) is 18.2 Å². The van der Waals surface area contributed by atoms with Crippen molar-refractivity contribution in [2.75, 3.05) is 18.2 Å². The van der Waals surface area contributed by atoms with E-state index in [1.54, 1.807) is 31.4 Å². The van der Waals surface area contributed by atoms with Crippen molar-refractivity contribution >= 4 is 17.4 Å². The highest BCUT2D eigenvalue weighted by Gasteiger charge is 2.09. The standard InChI is InChI=1S/C13H14N4O2/c1-8(18)17-9-3-4-12(19-2)10(5-9)11-6-13(14)16-7-15-11/h3-7H,1-2H3,(H,17,18)(H2,14,15,16). The van der Waals surface area contributed by atoms with Gasteiger partial charge in [0.05, 0.1) is 12.8 Å². The van der Waals surface area contributed by atoms with Crippen LogP contribution in [0.5, 0.6) is 5.75 Å². The van der Waals surface area contributed by atoms with E-state index >= 15 is 0 Å². The zero-order chi connectivity index (χ0) is 13.8. The maximum atomic E-state index is 11.1. The van der Waals surface area contributed by atoms with E-state index in [1.807, 2.05) is 0 Å². The molecule has 6 heteroatoms. The quantitative estimate of drug-likeness (QED) is 0.874. The predicted molar refractivity (Wildman–Crippen MR) is 72.7 cm³/mol. The van der Waals surface area contributed by atoms with E-state index in [9.17, 15) is 4.79 Å². The molecular weight excluding hydrogens is 244 g/mol. The molecule has 0 unspecified atom stereocenters. The molecule has 0 fully saturated rings. The average molecular weight is 258 g/mol. The highest BCUT2D eigenvalue weighted by molar-refractivity contribution is 5.90. The van der Waals surface area contributed by atoms with Gasteiger partial charge in [0, 0.05) is 24.2 Å².